The standard InChI is InChI=1S/C9H7IO4S/c10-5-1-2-7(14-8(11)4-15)6(3-5)9(12)13/h1-3,15H,4H2,(H,12,13). The minimum absolute atomic E-state index is 0.0305. The Bertz CT molecular complexity index is 405. The van der Waals surface area contributed by atoms with Crippen molar-refractivity contribution in [3.63, 3.8) is 0 Å². The number of hydrogen-bond acceptors (Lipinski definition) is 4. The van der Waals surface area contributed by atoms with Crippen LogP contribution in [-0.2, 0) is 4.79 Å². The highest BCUT2D eigenvalue weighted by Crippen LogP contribution is 2.21. The lowest BCUT2D eigenvalue weighted by Gasteiger charge is -2.06. The fraction of sp³-hybridized carbons (Fsp3) is 0.111. The third kappa shape index (κ3) is 3.38. The molecular weight excluding hydrogens is 331 g/mol. The Morgan fingerprint density at radius 3 is 2.67 bits per heavy atom. The smallest absolute Gasteiger partial charge is 0.339 e. The number of rotatable bonds is 3. The van der Waals surface area contributed by atoms with Crippen molar-refractivity contribution in [3.05, 3.63) is 27.3 Å². The SMILES string of the molecule is O=C(CS)Oc1ccc(I)cc1C(=O)O. The predicted molar refractivity (Wildman–Crippen MR) is 65.6 cm³/mol. The van der Waals surface area contributed by atoms with Gasteiger partial charge in [-0.2, -0.15) is 12.6 Å². The van der Waals surface area contributed by atoms with E-state index in [-0.39, 0.29) is 17.1 Å². The Labute approximate surface area is 105 Å². The number of carbonyl (C=O) groups excluding carboxylic acids is 1. The topological polar surface area (TPSA) is 63.6 Å². The molecule has 0 unspecified atom stereocenters. The molecule has 0 bridgehead atoms. The predicted octanol–water partition coefficient (Wildman–Crippen LogP) is 1.82. The summed E-state index contributed by atoms with van der Waals surface area (Å²) in [6, 6.07) is 4.55. The summed E-state index contributed by atoms with van der Waals surface area (Å²) in [5.41, 5.74) is -0.0305. The van der Waals surface area contributed by atoms with Crippen molar-refractivity contribution < 1.29 is 19.4 Å². The van der Waals surface area contributed by atoms with Crippen LogP contribution < -0.4 is 4.74 Å². The van der Waals surface area contributed by atoms with Crippen molar-refractivity contribution in [1.29, 1.82) is 0 Å². The quantitative estimate of drug-likeness (QED) is 0.382. The highest BCUT2D eigenvalue weighted by molar-refractivity contribution is 14.1. The molecule has 0 radical (unpaired) electrons. The Morgan fingerprint density at radius 1 is 1.47 bits per heavy atom. The molecule has 0 aliphatic carbocycles. The molecule has 4 nitrogen and oxygen atoms in total. The van der Waals surface area contributed by atoms with Crippen molar-refractivity contribution >= 4 is 47.2 Å². The van der Waals surface area contributed by atoms with Gasteiger partial charge in [0.2, 0.25) is 0 Å². The lowest BCUT2D eigenvalue weighted by Crippen LogP contribution is -2.12. The number of carboxylic acid groups (broad SMARTS) is 1. The molecule has 6 heteroatoms. The molecule has 0 aliphatic rings. The maximum atomic E-state index is 10.9. The summed E-state index contributed by atoms with van der Waals surface area (Å²) in [5, 5.41) is 8.86. The van der Waals surface area contributed by atoms with Gasteiger partial charge in [0, 0.05) is 3.57 Å². The van der Waals surface area contributed by atoms with E-state index < -0.39 is 11.9 Å². The first-order valence-corrected chi connectivity index (χ1v) is 5.60. The normalized spacial score (nSPS) is 9.73. The van der Waals surface area contributed by atoms with Crippen LogP contribution in [0.1, 0.15) is 10.4 Å². The summed E-state index contributed by atoms with van der Waals surface area (Å²) >= 11 is 5.71. The first-order chi connectivity index (χ1) is 7.04. The van der Waals surface area contributed by atoms with Crippen LogP contribution in [0.25, 0.3) is 0 Å². The number of carbonyl (C=O) groups is 2. The Morgan fingerprint density at radius 2 is 2.13 bits per heavy atom. The number of benzene rings is 1. The first-order valence-electron chi connectivity index (χ1n) is 3.89. The second kappa shape index (κ2) is 5.36. The van der Waals surface area contributed by atoms with Crippen LogP contribution in [0, 0.1) is 3.57 Å². The number of hydrogen-bond donors (Lipinski definition) is 2. The minimum atomic E-state index is -1.13. The van der Waals surface area contributed by atoms with E-state index >= 15 is 0 Å². The molecule has 0 amide bonds. The maximum Gasteiger partial charge on any atom is 0.339 e. The van der Waals surface area contributed by atoms with Gasteiger partial charge in [-0.1, -0.05) is 0 Å². The number of aromatic carboxylic acids is 1. The second-order valence-corrected chi connectivity index (χ2v) is 4.14. The fourth-order valence-electron chi connectivity index (χ4n) is 0.913. The average molecular weight is 338 g/mol. The molecule has 1 N–H and O–H groups in total. The van der Waals surface area contributed by atoms with E-state index in [1.807, 2.05) is 22.6 Å². The van der Waals surface area contributed by atoms with Gasteiger partial charge in [-0.25, -0.2) is 4.79 Å². The molecule has 15 heavy (non-hydrogen) atoms. The fourth-order valence-corrected chi connectivity index (χ4v) is 1.47. The van der Waals surface area contributed by atoms with E-state index in [1.54, 1.807) is 6.07 Å². The third-order valence-corrected chi connectivity index (χ3v) is 2.45. The van der Waals surface area contributed by atoms with Gasteiger partial charge in [0.15, 0.2) is 0 Å². The molecule has 1 aromatic carbocycles. The van der Waals surface area contributed by atoms with Gasteiger partial charge in [0.25, 0.3) is 0 Å². The van der Waals surface area contributed by atoms with Crippen LogP contribution in [0.2, 0.25) is 0 Å². The van der Waals surface area contributed by atoms with Crippen molar-refractivity contribution in [2.75, 3.05) is 5.75 Å². The summed E-state index contributed by atoms with van der Waals surface area (Å²) in [6.45, 7) is 0. The Balaban J connectivity index is 3.06. The molecule has 0 aliphatic heterocycles. The van der Waals surface area contributed by atoms with Gasteiger partial charge in [-0.3, -0.25) is 4.79 Å². The van der Waals surface area contributed by atoms with Crippen LogP contribution in [0.4, 0.5) is 0 Å². The molecular formula is C9H7IO4S. The summed E-state index contributed by atoms with van der Waals surface area (Å²) in [6.07, 6.45) is 0. The van der Waals surface area contributed by atoms with E-state index in [1.165, 1.54) is 12.1 Å². The summed E-state index contributed by atoms with van der Waals surface area (Å²) < 4.78 is 5.57. The molecule has 1 rings (SSSR count). The van der Waals surface area contributed by atoms with Gasteiger partial charge in [0.1, 0.15) is 11.3 Å². The summed E-state index contributed by atoms with van der Waals surface area (Å²) in [4.78, 5) is 21.8. The van der Waals surface area contributed by atoms with Crippen LogP contribution in [0.3, 0.4) is 0 Å². The van der Waals surface area contributed by atoms with Crippen molar-refractivity contribution in [1.82, 2.24) is 0 Å². The monoisotopic (exact) mass is 338 g/mol. The van der Waals surface area contributed by atoms with E-state index in [9.17, 15) is 9.59 Å². The largest absolute Gasteiger partial charge is 0.478 e. The molecule has 0 aromatic heterocycles. The number of carboxylic acids is 1. The average Bonchev–Trinajstić information content (AvgIpc) is 2.20. The lowest BCUT2D eigenvalue weighted by atomic mass is 10.2. The first kappa shape index (κ1) is 12.3. The van der Waals surface area contributed by atoms with E-state index in [4.69, 9.17) is 9.84 Å². The Hall–Kier alpha value is -0.760. The zero-order chi connectivity index (χ0) is 11.4. The van der Waals surface area contributed by atoms with Crippen molar-refractivity contribution in [2.45, 2.75) is 0 Å². The van der Waals surface area contributed by atoms with Crippen molar-refractivity contribution in [2.24, 2.45) is 0 Å². The molecule has 0 atom stereocenters. The van der Waals surface area contributed by atoms with Gasteiger partial charge >= 0.3 is 11.9 Å². The number of ether oxygens (including phenoxy) is 1. The number of halogens is 1. The van der Waals surface area contributed by atoms with Gasteiger partial charge in [0.05, 0.1) is 5.75 Å². The van der Waals surface area contributed by atoms with Crippen LogP contribution in [0.15, 0.2) is 18.2 Å². The van der Waals surface area contributed by atoms with Gasteiger partial charge in [-0.05, 0) is 40.8 Å². The zero-order valence-electron chi connectivity index (χ0n) is 7.44. The van der Waals surface area contributed by atoms with Crippen LogP contribution >= 0.6 is 35.2 Å². The third-order valence-electron chi connectivity index (χ3n) is 1.52. The van der Waals surface area contributed by atoms with Gasteiger partial charge in [-0.15, -0.1) is 0 Å². The van der Waals surface area contributed by atoms with Crippen LogP contribution in [-0.4, -0.2) is 22.8 Å². The molecule has 0 heterocycles. The molecule has 80 valence electrons. The highest BCUT2D eigenvalue weighted by Gasteiger charge is 2.14. The Kier molecular flexibility index (Phi) is 4.40. The number of thiol groups is 1. The van der Waals surface area contributed by atoms with Crippen LogP contribution in [0.5, 0.6) is 5.75 Å². The van der Waals surface area contributed by atoms with E-state index in [0.717, 1.165) is 3.57 Å². The molecule has 0 saturated heterocycles. The zero-order valence-corrected chi connectivity index (χ0v) is 10.5. The summed E-state index contributed by atoms with van der Waals surface area (Å²) in [5.74, 6) is -1.76. The van der Waals surface area contributed by atoms with E-state index in [0.29, 0.717) is 0 Å². The number of esters is 1. The minimum Gasteiger partial charge on any atom is -0.478 e. The molecule has 1 aromatic rings. The van der Waals surface area contributed by atoms with Crippen molar-refractivity contribution in [3.8, 4) is 5.75 Å². The lowest BCUT2D eigenvalue weighted by molar-refractivity contribution is -0.131. The summed E-state index contributed by atoms with van der Waals surface area (Å²) in [7, 11) is 0. The maximum absolute atomic E-state index is 10.9. The van der Waals surface area contributed by atoms with E-state index in [2.05, 4.69) is 12.6 Å². The second-order valence-electron chi connectivity index (χ2n) is 2.58. The molecule has 0 saturated carbocycles. The highest BCUT2D eigenvalue weighted by atomic mass is 127. The molecule has 0 fully saturated rings. The van der Waals surface area contributed by atoms with Gasteiger partial charge < -0.3 is 9.84 Å². The molecule has 0 spiro atoms.